The van der Waals surface area contributed by atoms with Crippen LogP contribution in [-0.4, -0.2) is 96.4 Å². The van der Waals surface area contributed by atoms with Gasteiger partial charge >= 0.3 is 5.69 Å². The summed E-state index contributed by atoms with van der Waals surface area (Å²) in [6.07, 6.45) is 12.1. The van der Waals surface area contributed by atoms with Crippen molar-refractivity contribution in [2.45, 2.75) is 106 Å². The minimum Gasteiger partial charge on any atom is -0.485 e. The van der Waals surface area contributed by atoms with Crippen LogP contribution in [0, 0.1) is 21.4 Å². The Morgan fingerprint density at radius 1 is 0.970 bits per heavy atom. The second-order valence-electron chi connectivity index (χ2n) is 19.9. The summed E-state index contributed by atoms with van der Waals surface area (Å²) in [5.41, 5.74) is 3.25. The first kappa shape index (κ1) is 43.8. The fourth-order valence-electron chi connectivity index (χ4n) is 11.3. The number of amides is 1. The highest BCUT2D eigenvalue weighted by Crippen LogP contribution is 2.54. The van der Waals surface area contributed by atoms with E-state index in [1.54, 1.807) is 37.4 Å². The molecule has 16 nitrogen and oxygen atoms in total. The molecule has 17 heteroatoms. The predicted molar refractivity (Wildman–Crippen MR) is 248 cm³/mol. The van der Waals surface area contributed by atoms with Gasteiger partial charge in [0.05, 0.1) is 46.4 Å². The number of aromatic nitrogens is 2. The molecule has 5 heterocycles. The number of fused-ring (bicyclic) bond motifs is 2. The number of nitro groups is 1. The zero-order valence-electron chi connectivity index (χ0n) is 37.5. The molecule has 1 amide bonds. The van der Waals surface area contributed by atoms with Gasteiger partial charge in [0.15, 0.2) is 5.75 Å². The van der Waals surface area contributed by atoms with E-state index in [1.807, 2.05) is 6.07 Å². The molecule has 1 spiro atoms. The molecule has 11 rings (SSSR count). The number of nitro benzene ring substituents is 1. The van der Waals surface area contributed by atoms with Crippen molar-refractivity contribution < 1.29 is 42.2 Å². The number of carbonyl (C=O) groups excluding carboxylic acids is 1. The SMILES string of the molecule is C[C@]1(O)CC[C@H]([C@@H]2COc3cc(S(=O)(=O)NC(=O)c4ccc(N5CCC6(CC5)CC(N5CCOCC5c5ccccc5C5CC5)C6)cc4Oc4cnc5[nH]ccc5c4)cc([N+](=O)[O-])c3O2)CC1. The van der Waals surface area contributed by atoms with Crippen molar-refractivity contribution in [2.24, 2.45) is 11.3 Å². The first-order chi connectivity index (χ1) is 32.3. The number of morpholine rings is 1. The number of aliphatic hydroxyl groups is 1. The van der Waals surface area contributed by atoms with E-state index in [1.165, 1.54) is 30.2 Å². The van der Waals surface area contributed by atoms with E-state index < -0.39 is 43.1 Å². The molecule has 2 atom stereocenters. The van der Waals surface area contributed by atoms with E-state index in [4.69, 9.17) is 18.9 Å². The van der Waals surface area contributed by atoms with Crippen LogP contribution in [0.3, 0.4) is 0 Å². The molecule has 3 aromatic carbocycles. The van der Waals surface area contributed by atoms with Crippen LogP contribution in [0.1, 0.15) is 105 Å². The topological polar surface area (TPSA) is 199 Å². The Balaban J connectivity index is 0.802. The van der Waals surface area contributed by atoms with Gasteiger partial charge in [-0.25, -0.2) is 18.1 Å². The standard InChI is InChI=1S/C50H56N6O10S/c1-49(58)13-10-32(11-14-49)45-30-64-44-25-37(24-41(56(59)60)46(44)66-45)67(61,62)53-48(57)40-9-8-34(23-43(40)65-36-22-33-12-17-51-47(33)52-28-36)54-18-15-50(16-19-54)26-35(27-50)55-20-21-63-29-42(55)39-5-3-2-4-38(39)31-6-7-31/h2-5,8-9,12,17,22-25,28,31-32,35,42,45,58H,6-7,10-11,13-16,18-21,26-27,29-30H2,1H3,(H,51,52)(H,53,57)/t32-,42?,45-,49-/m0/s1. The number of piperidine rings is 1. The highest BCUT2D eigenvalue weighted by atomic mass is 32.2. The highest BCUT2D eigenvalue weighted by Gasteiger charge is 2.50. The number of nitrogens with one attached hydrogen (secondary N) is 2. The van der Waals surface area contributed by atoms with Crippen LogP contribution in [-0.2, 0) is 14.8 Å². The van der Waals surface area contributed by atoms with Gasteiger partial charge in [-0.15, -0.1) is 0 Å². The van der Waals surface area contributed by atoms with Gasteiger partial charge in [0, 0.05) is 61.1 Å². The summed E-state index contributed by atoms with van der Waals surface area (Å²) in [7, 11) is -4.69. The summed E-state index contributed by atoms with van der Waals surface area (Å²) in [6.45, 7) is 5.89. The number of nitrogens with zero attached hydrogens (tertiary/aromatic N) is 4. The average Bonchev–Trinajstić information content (AvgIpc) is 4.06. The number of benzene rings is 3. The number of aromatic amines is 1. The number of pyridine rings is 1. The lowest BCUT2D eigenvalue weighted by molar-refractivity contribution is -0.386. The predicted octanol–water partition coefficient (Wildman–Crippen LogP) is 8.16. The molecule has 0 radical (unpaired) electrons. The summed E-state index contributed by atoms with van der Waals surface area (Å²) in [5.74, 6) is -0.113. The van der Waals surface area contributed by atoms with Crippen molar-refractivity contribution >= 4 is 38.3 Å². The van der Waals surface area contributed by atoms with Crippen molar-refractivity contribution in [1.29, 1.82) is 0 Å². The fourth-order valence-corrected chi connectivity index (χ4v) is 12.3. The van der Waals surface area contributed by atoms with E-state index in [9.17, 15) is 28.4 Å². The zero-order chi connectivity index (χ0) is 46.1. The molecular formula is C50H56N6O10S. The smallest absolute Gasteiger partial charge is 0.316 e. The lowest BCUT2D eigenvalue weighted by Crippen LogP contribution is -2.58. The van der Waals surface area contributed by atoms with Crippen LogP contribution in [0.5, 0.6) is 23.0 Å². The first-order valence-electron chi connectivity index (χ1n) is 23.6. The number of carbonyl (C=O) groups is 1. The number of sulfonamides is 1. The Morgan fingerprint density at radius 2 is 1.75 bits per heavy atom. The molecule has 67 heavy (non-hydrogen) atoms. The minimum absolute atomic E-state index is 0.00394. The third-order valence-corrected chi connectivity index (χ3v) is 16.7. The van der Waals surface area contributed by atoms with E-state index in [0.717, 1.165) is 81.7 Å². The van der Waals surface area contributed by atoms with Gasteiger partial charge in [-0.1, -0.05) is 24.3 Å². The zero-order valence-corrected chi connectivity index (χ0v) is 38.3. The second-order valence-corrected chi connectivity index (χ2v) is 21.6. The lowest BCUT2D eigenvalue weighted by Gasteiger charge is -2.57. The number of ether oxygens (including phenoxy) is 4. The minimum atomic E-state index is -4.69. The summed E-state index contributed by atoms with van der Waals surface area (Å²) < 4.78 is 54.5. The van der Waals surface area contributed by atoms with E-state index in [-0.39, 0.29) is 46.8 Å². The Labute approximate surface area is 389 Å². The highest BCUT2D eigenvalue weighted by molar-refractivity contribution is 7.90. The molecule has 5 aromatic rings. The van der Waals surface area contributed by atoms with Gasteiger partial charge < -0.3 is 33.9 Å². The van der Waals surface area contributed by atoms with Crippen molar-refractivity contribution in [2.75, 3.05) is 44.4 Å². The van der Waals surface area contributed by atoms with Crippen molar-refractivity contribution in [1.82, 2.24) is 19.6 Å². The van der Waals surface area contributed by atoms with Gasteiger partial charge in [-0.05, 0) is 124 Å². The quantitative estimate of drug-likeness (QED) is 0.0848. The molecular weight excluding hydrogens is 877 g/mol. The largest absolute Gasteiger partial charge is 0.485 e. The molecule has 3 saturated carbocycles. The maximum absolute atomic E-state index is 14.1. The van der Waals surface area contributed by atoms with E-state index in [0.29, 0.717) is 49.0 Å². The van der Waals surface area contributed by atoms with Gasteiger partial charge in [0.1, 0.15) is 29.9 Å². The summed E-state index contributed by atoms with van der Waals surface area (Å²) in [5, 5.41) is 23.6. The van der Waals surface area contributed by atoms with Gasteiger partial charge in [-0.3, -0.25) is 19.8 Å². The van der Waals surface area contributed by atoms with E-state index in [2.05, 4.69) is 48.8 Å². The molecule has 6 aliphatic rings. The van der Waals surface area contributed by atoms with Crippen molar-refractivity contribution in [3.8, 4) is 23.0 Å². The molecule has 0 bridgehead atoms. The van der Waals surface area contributed by atoms with Gasteiger partial charge in [0.2, 0.25) is 5.75 Å². The third-order valence-electron chi connectivity index (χ3n) is 15.4. The Bertz CT molecular complexity index is 2820. The average molecular weight is 933 g/mol. The second kappa shape index (κ2) is 17.1. The Kier molecular flexibility index (Phi) is 11.2. The van der Waals surface area contributed by atoms with Gasteiger partial charge in [-0.2, -0.15) is 0 Å². The molecule has 2 saturated heterocycles. The van der Waals surface area contributed by atoms with Crippen LogP contribution in [0.25, 0.3) is 11.0 Å². The number of rotatable bonds is 11. The number of hydrogen-bond donors (Lipinski definition) is 3. The normalized spacial score (nSPS) is 25.4. The molecule has 2 aromatic heterocycles. The number of hydrogen-bond acceptors (Lipinski definition) is 13. The third kappa shape index (κ3) is 8.70. The van der Waals surface area contributed by atoms with Crippen LogP contribution in [0.2, 0.25) is 0 Å². The van der Waals surface area contributed by atoms with Crippen LogP contribution in [0.15, 0.2) is 84.0 Å². The molecule has 5 fully saturated rings. The number of anilines is 1. The van der Waals surface area contributed by atoms with Crippen LogP contribution in [0.4, 0.5) is 11.4 Å². The van der Waals surface area contributed by atoms with Gasteiger partial charge in [0.25, 0.3) is 15.9 Å². The Hall–Kier alpha value is -5.75. The molecule has 352 valence electrons. The molecule has 3 N–H and O–H groups in total. The Morgan fingerprint density at radius 3 is 2.51 bits per heavy atom. The number of H-pyrrole nitrogens is 1. The summed E-state index contributed by atoms with van der Waals surface area (Å²) in [6, 6.07) is 20.5. The molecule has 1 unspecified atom stereocenters. The lowest BCUT2D eigenvalue weighted by atomic mass is 9.59. The maximum Gasteiger partial charge on any atom is 0.316 e. The molecule has 3 aliphatic heterocycles. The maximum atomic E-state index is 14.1. The monoisotopic (exact) mass is 932 g/mol. The summed E-state index contributed by atoms with van der Waals surface area (Å²) in [4.78, 5) is 37.7. The van der Waals surface area contributed by atoms with Crippen LogP contribution >= 0.6 is 0 Å². The first-order valence-corrected chi connectivity index (χ1v) is 25.1. The van der Waals surface area contributed by atoms with Crippen molar-refractivity contribution in [3.63, 3.8) is 0 Å². The van der Waals surface area contributed by atoms with Crippen molar-refractivity contribution in [3.05, 3.63) is 106 Å². The summed E-state index contributed by atoms with van der Waals surface area (Å²) >= 11 is 0. The fraction of sp³-hybridized carbons (Fsp3) is 0.480. The van der Waals surface area contributed by atoms with E-state index >= 15 is 0 Å². The van der Waals surface area contributed by atoms with Crippen LogP contribution < -0.4 is 23.8 Å². The molecule has 3 aliphatic carbocycles.